The minimum atomic E-state index is -1.61. The SMILES string of the molecule is C=C[Si](C)(C)OC(CCCC)CCCCCCCC. The van der Waals surface area contributed by atoms with Crippen molar-refractivity contribution in [3.05, 3.63) is 12.3 Å². The summed E-state index contributed by atoms with van der Waals surface area (Å²) in [4.78, 5) is 0. The van der Waals surface area contributed by atoms with Crippen molar-refractivity contribution in [3.63, 3.8) is 0 Å². The van der Waals surface area contributed by atoms with Crippen LogP contribution in [-0.4, -0.2) is 14.4 Å². The summed E-state index contributed by atoms with van der Waals surface area (Å²) in [7, 11) is -1.61. The van der Waals surface area contributed by atoms with Gasteiger partial charge in [-0.3, -0.25) is 0 Å². The number of unbranched alkanes of at least 4 members (excludes halogenated alkanes) is 6. The highest BCUT2D eigenvalue weighted by Gasteiger charge is 2.22. The summed E-state index contributed by atoms with van der Waals surface area (Å²) >= 11 is 0. The van der Waals surface area contributed by atoms with Crippen LogP contribution in [0.3, 0.4) is 0 Å². The average Bonchev–Trinajstić information content (AvgIpc) is 2.39. The molecule has 0 aromatic heterocycles. The highest BCUT2D eigenvalue weighted by Crippen LogP contribution is 2.19. The Labute approximate surface area is 123 Å². The van der Waals surface area contributed by atoms with Gasteiger partial charge in [-0.25, -0.2) is 0 Å². The summed E-state index contributed by atoms with van der Waals surface area (Å²) < 4.78 is 6.34. The summed E-state index contributed by atoms with van der Waals surface area (Å²) in [6.45, 7) is 13.0. The Kier molecular flexibility index (Phi) is 11.7. The van der Waals surface area contributed by atoms with Gasteiger partial charge in [0.2, 0.25) is 8.32 Å². The van der Waals surface area contributed by atoms with Gasteiger partial charge in [-0.2, -0.15) is 0 Å². The molecule has 0 fully saturated rings. The third kappa shape index (κ3) is 11.4. The summed E-state index contributed by atoms with van der Waals surface area (Å²) in [6, 6.07) is 0. The molecule has 0 saturated carbocycles. The van der Waals surface area contributed by atoms with E-state index < -0.39 is 8.32 Å². The average molecular weight is 285 g/mol. The molecule has 0 N–H and O–H groups in total. The molecule has 0 bridgehead atoms. The molecule has 1 unspecified atom stereocenters. The van der Waals surface area contributed by atoms with Crippen molar-refractivity contribution in [2.75, 3.05) is 0 Å². The normalized spacial score (nSPS) is 13.5. The highest BCUT2D eigenvalue weighted by molar-refractivity contribution is 6.76. The Morgan fingerprint density at radius 2 is 1.42 bits per heavy atom. The fourth-order valence-electron chi connectivity index (χ4n) is 2.32. The number of rotatable bonds is 13. The number of hydrogen-bond donors (Lipinski definition) is 0. The molecule has 0 radical (unpaired) electrons. The molecule has 0 aromatic carbocycles. The zero-order valence-electron chi connectivity index (χ0n) is 13.8. The van der Waals surface area contributed by atoms with Gasteiger partial charge in [-0.05, 0) is 25.9 Å². The molecule has 0 spiro atoms. The predicted octanol–water partition coefficient (Wildman–Crippen LogP) is 6.24. The van der Waals surface area contributed by atoms with Crippen molar-refractivity contribution in [2.45, 2.75) is 97.3 Å². The fourth-order valence-corrected chi connectivity index (χ4v) is 3.52. The largest absolute Gasteiger partial charge is 0.411 e. The van der Waals surface area contributed by atoms with Crippen LogP contribution in [-0.2, 0) is 4.43 Å². The second kappa shape index (κ2) is 11.7. The Bertz CT molecular complexity index is 213. The van der Waals surface area contributed by atoms with Crippen LogP contribution in [0.15, 0.2) is 12.3 Å². The van der Waals surface area contributed by atoms with Crippen LogP contribution in [0.25, 0.3) is 0 Å². The van der Waals surface area contributed by atoms with Crippen LogP contribution >= 0.6 is 0 Å². The molecule has 0 aliphatic rings. The van der Waals surface area contributed by atoms with Crippen LogP contribution in [0.2, 0.25) is 13.1 Å². The summed E-state index contributed by atoms with van der Waals surface area (Å²) in [5, 5.41) is 0. The minimum Gasteiger partial charge on any atom is -0.411 e. The first-order chi connectivity index (χ1) is 9.05. The molecule has 0 amide bonds. The first-order valence-electron chi connectivity index (χ1n) is 8.37. The lowest BCUT2D eigenvalue weighted by Crippen LogP contribution is -2.33. The van der Waals surface area contributed by atoms with Crippen LogP contribution < -0.4 is 0 Å². The van der Waals surface area contributed by atoms with Crippen molar-refractivity contribution in [2.24, 2.45) is 0 Å². The van der Waals surface area contributed by atoms with Crippen LogP contribution in [0.1, 0.15) is 78.1 Å². The monoisotopic (exact) mass is 284 g/mol. The van der Waals surface area contributed by atoms with Gasteiger partial charge >= 0.3 is 0 Å². The lowest BCUT2D eigenvalue weighted by molar-refractivity contribution is 0.168. The lowest BCUT2D eigenvalue weighted by atomic mass is 10.0. The predicted molar refractivity (Wildman–Crippen MR) is 90.1 cm³/mol. The van der Waals surface area contributed by atoms with Gasteiger partial charge < -0.3 is 4.43 Å². The quantitative estimate of drug-likeness (QED) is 0.287. The summed E-state index contributed by atoms with van der Waals surface area (Å²) in [5.41, 5.74) is 2.06. The Hall–Kier alpha value is -0.0831. The Morgan fingerprint density at radius 1 is 0.895 bits per heavy atom. The molecule has 0 rings (SSSR count). The van der Waals surface area contributed by atoms with Gasteiger partial charge in [-0.15, -0.1) is 6.58 Å². The standard InChI is InChI=1S/C17H36OSi/c1-6-9-11-12-13-14-16-17(15-10-7-2)18-19(4,5)8-3/h8,17H,3,6-7,9-16H2,1-2,4-5H3. The molecule has 0 heterocycles. The van der Waals surface area contributed by atoms with E-state index in [1.54, 1.807) is 0 Å². The van der Waals surface area contributed by atoms with Crippen molar-refractivity contribution < 1.29 is 4.43 Å². The third-order valence-electron chi connectivity index (χ3n) is 3.72. The van der Waals surface area contributed by atoms with E-state index in [1.807, 2.05) is 0 Å². The van der Waals surface area contributed by atoms with Gasteiger partial charge in [0.25, 0.3) is 0 Å². The van der Waals surface area contributed by atoms with Crippen molar-refractivity contribution in [3.8, 4) is 0 Å². The summed E-state index contributed by atoms with van der Waals surface area (Å²) in [6.07, 6.45) is 13.8. The first-order valence-corrected chi connectivity index (χ1v) is 11.4. The van der Waals surface area contributed by atoms with Crippen LogP contribution in [0.5, 0.6) is 0 Å². The third-order valence-corrected chi connectivity index (χ3v) is 5.65. The summed E-state index contributed by atoms with van der Waals surface area (Å²) in [5.74, 6) is 0. The molecular weight excluding hydrogens is 248 g/mol. The van der Waals surface area contributed by atoms with E-state index in [2.05, 4.69) is 39.2 Å². The van der Waals surface area contributed by atoms with Gasteiger partial charge in [0.05, 0.1) is 0 Å². The second-order valence-electron chi connectivity index (χ2n) is 6.25. The Morgan fingerprint density at radius 3 is 2.00 bits per heavy atom. The second-order valence-corrected chi connectivity index (χ2v) is 10.1. The molecule has 1 atom stereocenters. The van der Waals surface area contributed by atoms with E-state index in [0.717, 1.165) is 0 Å². The zero-order chi connectivity index (χ0) is 14.6. The van der Waals surface area contributed by atoms with Crippen LogP contribution in [0, 0.1) is 0 Å². The molecule has 2 heteroatoms. The van der Waals surface area contributed by atoms with E-state index in [0.29, 0.717) is 6.10 Å². The van der Waals surface area contributed by atoms with E-state index in [-0.39, 0.29) is 0 Å². The van der Waals surface area contributed by atoms with Gasteiger partial charge in [-0.1, -0.05) is 70.9 Å². The van der Waals surface area contributed by atoms with Crippen molar-refractivity contribution >= 4 is 8.32 Å². The van der Waals surface area contributed by atoms with Gasteiger partial charge in [0.1, 0.15) is 0 Å². The molecule has 114 valence electrons. The molecule has 0 saturated heterocycles. The first kappa shape index (κ1) is 18.9. The minimum absolute atomic E-state index is 0.478. The van der Waals surface area contributed by atoms with Gasteiger partial charge in [0, 0.05) is 6.10 Å². The fraction of sp³-hybridized carbons (Fsp3) is 0.882. The Balaban J connectivity index is 3.89. The van der Waals surface area contributed by atoms with Crippen molar-refractivity contribution in [1.82, 2.24) is 0 Å². The molecular formula is C17H36OSi. The molecule has 0 aliphatic carbocycles. The van der Waals surface area contributed by atoms with Gasteiger partial charge in [0.15, 0.2) is 0 Å². The highest BCUT2D eigenvalue weighted by atomic mass is 28.4. The topological polar surface area (TPSA) is 9.23 Å². The number of hydrogen-bond acceptors (Lipinski definition) is 1. The molecule has 0 aliphatic heterocycles. The van der Waals surface area contributed by atoms with E-state index in [4.69, 9.17) is 4.43 Å². The van der Waals surface area contributed by atoms with Crippen molar-refractivity contribution in [1.29, 1.82) is 0 Å². The maximum atomic E-state index is 6.34. The smallest absolute Gasteiger partial charge is 0.210 e. The molecule has 1 nitrogen and oxygen atoms in total. The molecule has 0 aromatic rings. The maximum Gasteiger partial charge on any atom is 0.210 e. The van der Waals surface area contributed by atoms with E-state index in [9.17, 15) is 0 Å². The maximum absolute atomic E-state index is 6.34. The molecule has 19 heavy (non-hydrogen) atoms. The lowest BCUT2D eigenvalue weighted by Gasteiger charge is -2.27. The van der Waals surface area contributed by atoms with E-state index in [1.165, 1.54) is 64.2 Å². The zero-order valence-corrected chi connectivity index (χ0v) is 14.8. The van der Waals surface area contributed by atoms with E-state index >= 15 is 0 Å². The van der Waals surface area contributed by atoms with Crippen LogP contribution in [0.4, 0.5) is 0 Å².